The van der Waals surface area contributed by atoms with Crippen molar-refractivity contribution < 1.29 is 4.74 Å². The van der Waals surface area contributed by atoms with Gasteiger partial charge in [0.25, 0.3) is 0 Å². The molecule has 5 nitrogen and oxygen atoms in total. The molecule has 1 aliphatic rings. The first kappa shape index (κ1) is 20.2. The maximum Gasteiger partial charge on any atom is 0.191 e. The number of ether oxygens (including phenoxy) is 1. The van der Waals surface area contributed by atoms with E-state index in [-0.39, 0.29) is 5.54 Å². The van der Waals surface area contributed by atoms with Gasteiger partial charge in [0.2, 0.25) is 0 Å². The van der Waals surface area contributed by atoms with Crippen LogP contribution in [0.15, 0.2) is 17.1 Å². The lowest BCUT2D eigenvalue weighted by atomic mass is 9.89. The Hall–Kier alpha value is -1.11. The summed E-state index contributed by atoms with van der Waals surface area (Å²) in [5.41, 5.74) is 0.106. The standard InChI is InChI=1S/C19H34N4OS/c1-6-20-18(22-15(2)13-17-8-7-16(3)25-17)21-14-19(23(4)5)9-11-24-12-10-19/h7-8,15H,6,9-14H2,1-5H3,(H2,20,21,22). The molecule has 6 heteroatoms. The molecule has 0 spiro atoms. The number of hydrogen-bond acceptors (Lipinski definition) is 4. The number of nitrogens with zero attached hydrogens (tertiary/aromatic N) is 2. The van der Waals surface area contributed by atoms with Crippen LogP contribution in [0.5, 0.6) is 0 Å². The first-order chi connectivity index (χ1) is 11.9. The molecule has 2 rings (SSSR count). The number of aliphatic imine (C=N–C) groups is 1. The van der Waals surface area contributed by atoms with Crippen molar-refractivity contribution in [1.82, 2.24) is 15.5 Å². The molecule has 2 heterocycles. The molecule has 25 heavy (non-hydrogen) atoms. The van der Waals surface area contributed by atoms with Gasteiger partial charge >= 0.3 is 0 Å². The van der Waals surface area contributed by atoms with Crippen LogP contribution in [-0.4, -0.2) is 62.8 Å². The lowest BCUT2D eigenvalue weighted by Gasteiger charge is -2.41. The van der Waals surface area contributed by atoms with Crippen LogP contribution in [0.3, 0.4) is 0 Å². The second-order valence-corrected chi connectivity index (χ2v) is 8.56. The highest BCUT2D eigenvalue weighted by atomic mass is 32.1. The summed E-state index contributed by atoms with van der Waals surface area (Å²) in [5, 5.41) is 6.96. The van der Waals surface area contributed by atoms with E-state index in [1.54, 1.807) is 0 Å². The normalized spacial score (nSPS) is 19.0. The molecule has 1 aromatic rings. The van der Waals surface area contributed by atoms with Crippen LogP contribution >= 0.6 is 11.3 Å². The minimum Gasteiger partial charge on any atom is -0.381 e. The number of aryl methyl sites for hydroxylation is 1. The van der Waals surface area contributed by atoms with Crippen molar-refractivity contribution in [3.8, 4) is 0 Å². The van der Waals surface area contributed by atoms with Crippen LogP contribution in [0.2, 0.25) is 0 Å². The summed E-state index contributed by atoms with van der Waals surface area (Å²) < 4.78 is 5.56. The highest BCUT2D eigenvalue weighted by Gasteiger charge is 2.34. The van der Waals surface area contributed by atoms with Crippen LogP contribution < -0.4 is 10.6 Å². The van der Waals surface area contributed by atoms with E-state index in [1.807, 2.05) is 11.3 Å². The van der Waals surface area contributed by atoms with Gasteiger partial charge in [-0.3, -0.25) is 4.99 Å². The molecule has 0 aliphatic carbocycles. The minimum atomic E-state index is 0.106. The van der Waals surface area contributed by atoms with Crippen molar-refractivity contribution in [3.05, 3.63) is 21.9 Å². The summed E-state index contributed by atoms with van der Waals surface area (Å²) in [6.45, 7) is 9.81. The maximum atomic E-state index is 5.56. The summed E-state index contributed by atoms with van der Waals surface area (Å²) in [6, 6.07) is 4.77. The van der Waals surface area contributed by atoms with Crippen LogP contribution in [0, 0.1) is 6.92 Å². The van der Waals surface area contributed by atoms with Crippen LogP contribution in [0.4, 0.5) is 0 Å². The summed E-state index contributed by atoms with van der Waals surface area (Å²) in [5.74, 6) is 0.913. The second kappa shape index (κ2) is 9.55. The Bertz CT molecular complexity index is 549. The zero-order chi connectivity index (χ0) is 18.3. The van der Waals surface area contributed by atoms with Gasteiger partial charge in [-0.05, 0) is 59.8 Å². The Morgan fingerprint density at radius 1 is 1.36 bits per heavy atom. The topological polar surface area (TPSA) is 48.9 Å². The fourth-order valence-electron chi connectivity index (χ4n) is 3.23. The maximum absolute atomic E-state index is 5.56. The Kier molecular flexibility index (Phi) is 7.72. The molecular formula is C19H34N4OS. The van der Waals surface area contributed by atoms with Gasteiger partial charge in [0.15, 0.2) is 5.96 Å². The van der Waals surface area contributed by atoms with E-state index in [9.17, 15) is 0 Å². The van der Waals surface area contributed by atoms with Crippen molar-refractivity contribution in [2.24, 2.45) is 4.99 Å². The number of likely N-dealkylation sites (N-methyl/N-ethyl adjacent to an activating group) is 1. The average molecular weight is 367 g/mol. The molecule has 0 saturated carbocycles. The predicted octanol–water partition coefficient (Wildman–Crippen LogP) is 2.65. The SMILES string of the molecule is CCNC(=NCC1(N(C)C)CCOCC1)NC(C)Cc1ccc(C)s1. The van der Waals surface area contributed by atoms with E-state index < -0.39 is 0 Å². The molecule has 1 aliphatic heterocycles. The van der Waals surface area contributed by atoms with Gasteiger partial charge in [-0.2, -0.15) is 0 Å². The third kappa shape index (κ3) is 5.97. The molecule has 0 amide bonds. The quantitative estimate of drug-likeness (QED) is 0.575. The van der Waals surface area contributed by atoms with Gasteiger partial charge in [-0.25, -0.2) is 0 Å². The van der Waals surface area contributed by atoms with Crippen molar-refractivity contribution in [2.45, 2.75) is 51.6 Å². The monoisotopic (exact) mass is 366 g/mol. The summed E-state index contributed by atoms with van der Waals surface area (Å²) >= 11 is 1.88. The van der Waals surface area contributed by atoms with Crippen molar-refractivity contribution in [3.63, 3.8) is 0 Å². The molecule has 1 saturated heterocycles. The highest BCUT2D eigenvalue weighted by molar-refractivity contribution is 7.11. The molecular weight excluding hydrogens is 332 g/mol. The fraction of sp³-hybridized carbons (Fsp3) is 0.737. The van der Waals surface area contributed by atoms with Gasteiger partial charge in [0, 0.05) is 47.5 Å². The molecule has 0 radical (unpaired) electrons. The number of guanidine groups is 1. The molecule has 1 atom stereocenters. The molecule has 2 N–H and O–H groups in total. The van der Waals surface area contributed by atoms with Gasteiger partial charge in [0.05, 0.1) is 6.54 Å². The molecule has 1 aromatic heterocycles. The van der Waals surface area contributed by atoms with E-state index in [4.69, 9.17) is 9.73 Å². The van der Waals surface area contributed by atoms with Crippen LogP contribution in [0.25, 0.3) is 0 Å². The molecule has 0 bridgehead atoms. The first-order valence-corrected chi connectivity index (χ1v) is 10.1. The van der Waals surface area contributed by atoms with Crippen molar-refractivity contribution in [2.75, 3.05) is 40.4 Å². The molecule has 142 valence electrons. The highest BCUT2D eigenvalue weighted by Crippen LogP contribution is 2.26. The Morgan fingerprint density at radius 2 is 2.08 bits per heavy atom. The predicted molar refractivity (Wildman–Crippen MR) is 108 cm³/mol. The molecule has 0 aromatic carbocycles. The number of nitrogens with one attached hydrogen (secondary N) is 2. The fourth-order valence-corrected chi connectivity index (χ4v) is 4.24. The van der Waals surface area contributed by atoms with Crippen molar-refractivity contribution in [1.29, 1.82) is 0 Å². The zero-order valence-electron chi connectivity index (χ0n) is 16.4. The number of hydrogen-bond donors (Lipinski definition) is 2. The zero-order valence-corrected chi connectivity index (χ0v) is 17.2. The van der Waals surface area contributed by atoms with Crippen LogP contribution in [0.1, 0.15) is 36.4 Å². The van der Waals surface area contributed by atoms with E-state index >= 15 is 0 Å². The Labute approximate surface area is 156 Å². The van der Waals surface area contributed by atoms with Gasteiger partial charge in [0.1, 0.15) is 0 Å². The third-order valence-corrected chi connectivity index (χ3v) is 5.96. The first-order valence-electron chi connectivity index (χ1n) is 9.30. The summed E-state index contributed by atoms with van der Waals surface area (Å²) in [6.07, 6.45) is 3.09. The summed E-state index contributed by atoms with van der Waals surface area (Å²) in [7, 11) is 4.31. The smallest absolute Gasteiger partial charge is 0.191 e. The second-order valence-electron chi connectivity index (χ2n) is 7.19. The van der Waals surface area contributed by atoms with Crippen LogP contribution in [-0.2, 0) is 11.2 Å². The largest absolute Gasteiger partial charge is 0.381 e. The average Bonchev–Trinajstić information content (AvgIpc) is 2.98. The van der Waals surface area contributed by atoms with E-state index in [0.29, 0.717) is 6.04 Å². The Morgan fingerprint density at radius 3 is 2.64 bits per heavy atom. The lowest BCUT2D eigenvalue weighted by molar-refractivity contribution is -0.00255. The number of thiophene rings is 1. The summed E-state index contributed by atoms with van der Waals surface area (Å²) in [4.78, 5) is 10.0. The van der Waals surface area contributed by atoms with Crippen molar-refractivity contribution >= 4 is 17.3 Å². The third-order valence-electron chi connectivity index (χ3n) is 4.93. The Balaban J connectivity index is 1.98. The van der Waals surface area contributed by atoms with Gasteiger partial charge < -0.3 is 20.3 Å². The number of rotatable bonds is 7. The lowest BCUT2D eigenvalue weighted by Crippen LogP contribution is -2.52. The minimum absolute atomic E-state index is 0.106. The molecule has 1 unspecified atom stereocenters. The molecule has 1 fully saturated rings. The van der Waals surface area contributed by atoms with Gasteiger partial charge in [-0.1, -0.05) is 0 Å². The van der Waals surface area contributed by atoms with E-state index in [1.165, 1.54) is 9.75 Å². The van der Waals surface area contributed by atoms with E-state index in [2.05, 4.69) is 62.5 Å². The van der Waals surface area contributed by atoms with Gasteiger partial charge in [-0.15, -0.1) is 11.3 Å². The van der Waals surface area contributed by atoms with E-state index in [0.717, 1.165) is 51.5 Å².